The number of nitrogens with zero attached hydrogens (tertiary/aromatic N) is 1. The van der Waals surface area contributed by atoms with Gasteiger partial charge >= 0.3 is 0 Å². The van der Waals surface area contributed by atoms with Crippen molar-refractivity contribution in [2.75, 3.05) is 27.7 Å². The van der Waals surface area contributed by atoms with Crippen LogP contribution in [-0.2, 0) is 0 Å². The van der Waals surface area contributed by atoms with Crippen LogP contribution in [-0.4, -0.2) is 32.2 Å². The Hall–Kier alpha value is -0.560. The van der Waals surface area contributed by atoms with E-state index in [0.29, 0.717) is 0 Å². The van der Waals surface area contributed by atoms with Gasteiger partial charge in [0.05, 0.1) is 27.7 Å². The molecule has 0 saturated carbocycles. The van der Waals surface area contributed by atoms with Gasteiger partial charge in [-0.3, -0.25) is 0 Å². The topological polar surface area (TPSA) is 0 Å². The van der Waals surface area contributed by atoms with Crippen molar-refractivity contribution >= 4 is 0 Å². The van der Waals surface area contributed by atoms with Crippen LogP contribution in [0.5, 0.6) is 0 Å². The SMILES string of the molecule is CCCCCCCC/C=C\CCCCCCCCCC(CCCCCCCC/C=C\CCCCCCCC)C[N+](C)(C)C. The molecule has 256 valence electrons. The zero-order valence-electron chi connectivity index (χ0n) is 31.0. The van der Waals surface area contributed by atoms with Crippen LogP contribution in [0.1, 0.15) is 213 Å². The van der Waals surface area contributed by atoms with Gasteiger partial charge in [-0.25, -0.2) is 0 Å². The number of hydrogen-bond donors (Lipinski definition) is 0. The highest BCUT2D eigenvalue weighted by atomic mass is 15.3. The fraction of sp³-hybridized carbons (Fsp3) is 0.905. The molecule has 0 aliphatic rings. The van der Waals surface area contributed by atoms with Crippen LogP contribution in [0.4, 0.5) is 0 Å². The molecule has 43 heavy (non-hydrogen) atoms. The highest BCUT2D eigenvalue weighted by molar-refractivity contribution is 4.82. The Bertz CT molecular complexity index is 568. The first-order valence-corrected chi connectivity index (χ1v) is 20.1. The zero-order valence-corrected chi connectivity index (χ0v) is 31.0. The Balaban J connectivity index is 3.65. The Morgan fingerprint density at radius 1 is 0.349 bits per heavy atom. The predicted molar refractivity (Wildman–Crippen MR) is 199 cm³/mol. The molecule has 0 aromatic heterocycles. The van der Waals surface area contributed by atoms with Crippen molar-refractivity contribution < 1.29 is 4.48 Å². The minimum absolute atomic E-state index is 0.930. The summed E-state index contributed by atoms with van der Waals surface area (Å²) in [4.78, 5) is 0. The van der Waals surface area contributed by atoms with Gasteiger partial charge in [-0.05, 0) is 64.2 Å². The van der Waals surface area contributed by atoms with Crippen LogP contribution in [0.2, 0.25) is 0 Å². The van der Waals surface area contributed by atoms with Crippen LogP contribution in [0.25, 0.3) is 0 Å². The molecule has 1 atom stereocenters. The lowest BCUT2D eigenvalue weighted by Gasteiger charge is -2.29. The lowest BCUT2D eigenvalue weighted by molar-refractivity contribution is -0.874. The molecular weight excluding hydrogens is 518 g/mol. The second kappa shape index (κ2) is 34.3. The van der Waals surface area contributed by atoms with Crippen LogP contribution < -0.4 is 0 Å². The Morgan fingerprint density at radius 3 is 0.884 bits per heavy atom. The maximum absolute atomic E-state index is 2.46. The van der Waals surface area contributed by atoms with Gasteiger partial charge in [-0.2, -0.15) is 0 Å². The molecule has 0 aliphatic carbocycles. The maximum atomic E-state index is 2.46. The second-order valence-electron chi connectivity index (χ2n) is 15.1. The number of quaternary nitrogens is 1. The van der Waals surface area contributed by atoms with Gasteiger partial charge < -0.3 is 4.48 Å². The van der Waals surface area contributed by atoms with Gasteiger partial charge in [0, 0.05) is 5.92 Å². The molecule has 1 nitrogen and oxygen atoms in total. The minimum atomic E-state index is 0.930. The highest BCUT2D eigenvalue weighted by Crippen LogP contribution is 2.22. The normalized spacial score (nSPS) is 13.1. The standard InChI is InChI=1S/C42H84N/c1-6-8-10-12-14-16-18-20-22-24-26-28-30-32-34-36-38-40-42(41-43(3,4)5)39-37-35-33-31-29-27-25-23-21-19-17-15-13-11-9-7-2/h20-23,42H,6-19,24-41H2,1-5H3/q+1/b22-20-,23-21-. The predicted octanol–water partition coefficient (Wildman–Crippen LogP) is 14.6. The van der Waals surface area contributed by atoms with Crippen LogP contribution in [0.15, 0.2) is 24.3 Å². The van der Waals surface area contributed by atoms with E-state index in [9.17, 15) is 0 Å². The Morgan fingerprint density at radius 2 is 0.605 bits per heavy atom. The van der Waals surface area contributed by atoms with Crippen molar-refractivity contribution in [2.24, 2.45) is 5.92 Å². The van der Waals surface area contributed by atoms with E-state index in [1.165, 1.54) is 206 Å². The van der Waals surface area contributed by atoms with E-state index in [0.717, 1.165) is 10.4 Å². The first-order valence-electron chi connectivity index (χ1n) is 20.1. The number of allylic oxidation sites excluding steroid dienone is 4. The summed E-state index contributed by atoms with van der Waals surface area (Å²) < 4.78 is 1.13. The van der Waals surface area contributed by atoms with Crippen molar-refractivity contribution in [1.29, 1.82) is 0 Å². The summed E-state index contributed by atoms with van der Waals surface area (Å²) in [6.07, 6.45) is 53.7. The molecule has 1 unspecified atom stereocenters. The van der Waals surface area contributed by atoms with E-state index >= 15 is 0 Å². The molecule has 0 radical (unpaired) electrons. The monoisotopic (exact) mass is 603 g/mol. The molecule has 0 spiro atoms. The van der Waals surface area contributed by atoms with E-state index in [-0.39, 0.29) is 0 Å². The summed E-state index contributed by atoms with van der Waals surface area (Å²) in [5, 5.41) is 0. The largest absolute Gasteiger partial charge is 0.331 e. The molecule has 0 aromatic rings. The van der Waals surface area contributed by atoms with Gasteiger partial charge in [0.25, 0.3) is 0 Å². The Labute approximate surface area is 274 Å². The first-order chi connectivity index (χ1) is 21.0. The zero-order chi connectivity index (χ0) is 31.5. The van der Waals surface area contributed by atoms with Gasteiger partial charge in [0.15, 0.2) is 0 Å². The lowest BCUT2D eigenvalue weighted by Crippen LogP contribution is -2.39. The van der Waals surface area contributed by atoms with E-state index in [2.05, 4.69) is 59.3 Å². The summed E-state index contributed by atoms with van der Waals surface area (Å²) in [6.45, 7) is 5.96. The highest BCUT2D eigenvalue weighted by Gasteiger charge is 2.17. The quantitative estimate of drug-likeness (QED) is 0.0384. The van der Waals surface area contributed by atoms with Crippen molar-refractivity contribution in [3.8, 4) is 0 Å². The van der Waals surface area contributed by atoms with Gasteiger partial charge in [-0.1, -0.05) is 173 Å². The average Bonchev–Trinajstić information content (AvgIpc) is 2.97. The molecule has 0 saturated heterocycles. The van der Waals surface area contributed by atoms with Crippen molar-refractivity contribution in [2.45, 2.75) is 213 Å². The molecule has 1 heteroatoms. The fourth-order valence-electron chi connectivity index (χ4n) is 6.64. The molecule has 0 aromatic carbocycles. The van der Waals surface area contributed by atoms with Crippen LogP contribution in [0, 0.1) is 5.92 Å². The summed E-state index contributed by atoms with van der Waals surface area (Å²) in [5.74, 6) is 0.930. The fourth-order valence-corrected chi connectivity index (χ4v) is 6.64. The number of hydrogen-bond acceptors (Lipinski definition) is 0. The summed E-state index contributed by atoms with van der Waals surface area (Å²) in [5.41, 5.74) is 0. The molecule has 0 amide bonds. The molecule has 0 heterocycles. The minimum Gasteiger partial charge on any atom is -0.331 e. The molecule has 0 fully saturated rings. The molecule has 0 bridgehead atoms. The van der Waals surface area contributed by atoms with Gasteiger partial charge in [0.2, 0.25) is 0 Å². The third-order valence-corrected chi connectivity index (χ3v) is 9.30. The molecular formula is C42H84N+. The van der Waals surface area contributed by atoms with E-state index in [4.69, 9.17) is 0 Å². The first kappa shape index (κ1) is 42.4. The second-order valence-corrected chi connectivity index (χ2v) is 15.1. The maximum Gasteiger partial charge on any atom is 0.0809 e. The summed E-state index contributed by atoms with van der Waals surface area (Å²) in [6, 6.07) is 0. The van der Waals surface area contributed by atoms with Crippen molar-refractivity contribution in [3.63, 3.8) is 0 Å². The van der Waals surface area contributed by atoms with E-state index in [1.807, 2.05) is 0 Å². The molecule has 0 rings (SSSR count). The number of rotatable bonds is 35. The Kier molecular flexibility index (Phi) is 33.9. The smallest absolute Gasteiger partial charge is 0.0809 e. The van der Waals surface area contributed by atoms with Crippen LogP contribution >= 0.6 is 0 Å². The lowest BCUT2D eigenvalue weighted by atomic mass is 9.93. The van der Waals surface area contributed by atoms with Crippen molar-refractivity contribution in [1.82, 2.24) is 0 Å². The van der Waals surface area contributed by atoms with Gasteiger partial charge in [0.1, 0.15) is 0 Å². The van der Waals surface area contributed by atoms with Gasteiger partial charge in [-0.15, -0.1) is 0 Å². The third kappa shape index (κ3) is 37.5. The third-order valence-electron chi connectivity index (χ3n) is 9.30. The van der Waals surface area contributed by atoms with E-state index < -0.39 is 0 Å². The molecule has 0 N–H and O–H groups in total. The number of unbranched alkanes of at least 4 members (excludes halogenated alkanes) is 25. The summed E-state index contributed by atoms with van der Waals surface area (Å²) in [7, 11) is 7.16. The van der Waals surface area contributed by atoms with Crippen molar-refractivity contribution in [3.05, 3.63) is 24.3 Å². The molecule has 0 aliphatic heterocycles. The average molecular weight is 603 g/mol. The van der Waals surface area contributed by atoms with Crippen LogP contribution in [0.3, 0.4) is 0 Å². The summed E-state index contributed by atoms with van der Waals surface area (Å²) >= 11 is 0. The van der Waals surface area contributed by atoms with E-state index in [1.54, 1.807) is 0 Å².